The number of aryl methyl sites for hydroxylation is 4. The third-order valence-corrected chi connectivity index (χ3v) is 5.49. The third kappa shape index (κ3) is 4.03. The van der Waals surface area contributed by atoms with Crippen LogP contribution in [0.1, 0.15) is 47.8 Å². The van der Waals surface area contributed by atoms with Crippen LogP contribution in [0.3, 0.4) is 0 Å². The van der Waals surface area contributed by atoms with E-state index in [0.29, 0.717) is 11.4 Å². The van der Waals surface area contributed by atoms with Gasteiger partial charge in [0, 0.05) is 18.8 Å². The van der Waals surface area contributed by atoms with E-state index in [-0.39, 0.29) is 18.4 Å². The summed E-state index contributed by atoms with van der Waals surface area (Å²) >= 11 is 0. The molecule has 152 valence electrons. The monoisotopic (exact) mass is 396 g/mol. The van der Waals surface area contributed by atoms with E-state index in [1.54, 1.807) is 19.3 Å². The molecule has 0 unspecified atom stereocenters. The van der Waals surface area contributed by atoms with Crippen molar-refractivity contribution >= 4 is 5.91 Å². The van der Waals surface area contributed by atoms with E-state index in [1.807, 2.05) is 18.7 Å². The van der Waals surface area contributed by atoms with Gasteiger partial charge < -0.3 is 9.42 Å². The zero-order valence-electron chi connectivity index (χ0n) is 16.9. The number of likely N-dealkylation sites (tertiary alicyclic amines) is 1. The van der Waals surface area contributed by atoms with Gasteiger partial charge in [-0.3, -0.25) is 14.8 Å². The van der Waals surface area contributed by atoms with Gasteiger partial charge in [0.15, 0.2) is 0 Å². The van der Waals surface area contributed by atoms with Crippen LogP contribution in [0.25, 0.3) is 11.3 Å². The highest BCUT2D eigenvalue weighted by molar-refractivity contribution is 5.79. The van der Waals surface area contributed by atoms with Crippen LogP contribution in [0.4, 0.5) is 0 Å². The number of carbonyl (C=O) groups excluding carboxylic acids is 1. The van der Waals surface area contributed by atoms with Gasteiger partial charge in [0.2, 0.25) is 5.91 Å². The lowest BCUT2D eigenvalue weighted by atomic mass is 10.1. The highest BCUT2D eigenvalue weighted by Gasteiger charge is 2.29. The van der Waals surface area contributed by atoms with Gasteiger partial charge in [-0.2, -0.15) is 0 Å². The Labute approximate surface area is 168 Å². The zero-order chi connectivity index (χ0) is 20.4. The van der Waals surface area contributed by atoms with Gasteiger partial charge in [0.1, 0.15) is 17.1 Å². The minimum absolute atomic E-state index is 0.0751. The molecule has 29 heavy (non-hydrogen) atoms. The zero-order valence-corrected chi connectivity index (χ0v) is 16.9. The molecule has 0 bridgehead atoms. The molecular weight excluding hydrogens is 372 g/mol. The largest absolute Gasteiger partial charge is 0.361 e. The molecule has 0 radical (unpaired) electrons. The topological polar surface area (TPSA) is 111 Å². The Morgan fingerprint density at radius 1 is 1.14 bits per heavy atom. The van der Waals surface area contributed by atoms with Crippen molar-refractivity contribution in [2.24, 2.45) is 0 Å². The second kappa shape index (κ2) is 8.10. The molecule has 0 aliphatic carbocycles. The Kier molecular flexibility index (Phi) is 5.37. The van der Waals surface area contributed by atoms with Gasteiger partial charge in [-0.15, -0.1) is 0 Å². The van der Waals surface area contributed by atoms with Crippen LogP contribution < -0.4 is 0 Å². The van der Waals surface area contributed by atoms with Gasteiger partial charge >= 0.3 is 0 Å². The van der Waals surface area contributed by atoms with Crippen LogP contribution in [-0.2, 0) is 17.6 Å². The average Bonchev–Trinajstić information content (AvgIpc) is 3.42. The fourth-order valence-corrected chi connectivity index (χ4v) is 3.89. The van der Waals surface area contributed by atoms with Crippen molar-refractivity contribution in [2.75, 3.05) is 6.54 Å². The predicted molar refractivity (Wildman–Crippen MR) is 103 cm³/mol. The molecule has 4 heterocycles. The molecule has 9 nitrogen and oxygen atoms in total. The highest BCUT2D eigenvalue weighted by atomic mass is 16.6. The molecular formula is C20H24N6O3. The van der Waals surface area contributed by atoms with Crippen LogP contribution >= 0.6 is 0 Å². The van der Waals surface area contributed by atoms with Crippen molar-refractivity contribution in [1.29, 1.82) is 0 Å². The van der Waals surface area contributed by atoms with E-state index >= 15 is 0 Å². The quantitative estimate of drug-likeness (QED) is 0.625. The summed E-state index contributed by atoms with van der Waals surface area (Å²) in [4.78, 5) is 23.7. The van der Waals surface area contributed by atoms with E-state index < -0.39 is 0 Å². The van der Waals surface area contributed by atoms with E-state index in [0.717, 1.165) is 60.6 Å². The summed E-state index contributed by atoms with van der Waals surface area (Å²) < 4.78 is 9.90. The maximum absolute atomic E-state index is 12.7. The summed E-state index contributed by atoms with van der Waals surface area (Å²) in [6.45, 7) is 6.34. The van der Waals surface area contributed by atoms with Crippen LogP contribution in [0, 0.1) is 20.8 Å². The van der Waals surface area contributed by atoms with Gasteiger partial charge in [-0.1, -0.05) is 15.5 Å². The van der Waals surface area contributed by atoms with E-state index in [9.17, 15) is 4.79 Å². The first-order valence-electron chi connectivity index (χ1n) is 9.84. The number of amides is 1. The Morgan fingerprint density at radius 3 is 2.66 bits per heavy atom. The van der Waals surface area contributed by atoms with E-state index in [2.05, 4.69) is 25.4 Å². The lowest BCUT2D eigenvalue weighted by Crippen LogP contribution is -2.37. The van der Waals surface area contributed by atoms with Crippen molar-refractivity contribution in [3.05, 3.63) is 40.9 Å². The number of hydrogen-bond acceptors (Lipinski definition) is 8. The highest BCUT2D eigenvalue weighted by Crippen LogP contribution is 2.25. The molecule has 9 heteroatoms. The summed E-state index contributed by atoms with van der Waals surface area (Å²) in [5.74, 6) is 0.813. The molecule has 0 N–H and O–H groups in total. The van der Waals surface area contributed by atoms with Crippen molar-refractivity contribution in [2.45, 2.75) is 58.9 Å². The van der Waals surface area contributed by atoms with Gasteiger partial charge in [-0.05, 0) is 46.5 Å². The maximum atomic E-state index is 12.7. The lowest BCUT2D eigenvalue weighted by Gasteiger charge is -2.24. The first-order valence-corrected chi connectivity index (χ1v) is 9.84. The Morgan fingerprint density at radius 2 is 2.00 bits per heavy atom. The maximum Gasteiger partial charge on any atom is 0.229 e. The number of rotatable bonds is 6. The molecule has 1 amide bonds. The summed E-state index contributed by atoms with van der Waals surface area (Å²) in [5, 5.41) is 11.5. The Bertz CT molecular complexity index is 975. The lowest BCUT2D eigenvalue weighted by molar-refractivity contribution is -0.131. The molecule has 1 aliphatic rings. The summed E-state index contributed by atoms with van der Waals surface area (Å²) in [7, 11) is 0. The molecule has 0 aromatic carbocycles. The molecule has 1 fully saturated rings. The second-order valence-electron chi connectivity index (χ2n) is 7.49. The fraction of sp³-hybridized carbons (Fsp3) is 0.500. The van der Waals surface area contributed by atoms with Gasteiger partial charge in [0.05, 0.1) is 35.3 Å². The van der Waals surface area contributed by atoms with Crippen molar-refractivity contribution in [1.82, 2.24) is 30.3 Å². The standard InChI is InChI=1S/C20H24N6O3/c1-12-17(25-29-24-12)9-19(27)26-8-4-5-16(26)7-6-15-10-22-18(11-21-15)20-13(2)23-28-14(20)3/h10-11,16H,4-9H2,1-3H3/t16-/m0/s1. The summed E-state index contributed by atoms with van der Waals surface area (Å²) in [6, 6.07) is 0.215. The normalized spacial score (nSPS) is 16.5. The molecule has 0 spiro atoms. The third-order valence-electron chi connectivity index (χ3n) is 5.49. The van der Waals surface area contributed by atoms with Crippen molar-refractivity contribution in [3.8, 4) is 11.3 Å². The molecule has 3 aromatic rings. The van der Waals surface area contributed by atoms with Crippen LogP contribution in [0.2, 0.25) is 0 Å². The van der Waals surface area contributed by atoms with E-state index in [4.69, 9.17) is 9.15 Å². The van der Waals surface area contributed by atoms with Gasteiger partial charge in [-0.25, -0.2) is 4.63 Å². The van der Waals surface area contributed by atoms with Crippen molar-refractivity contribution < 1.29 is 13.9 Å². The molecule has 0 saturated carbocycles. The van der Waals surface area contributed by atoms with Crippen LogP contribution in [0.5, 0.6) is 0 Å². The minimum atomic E-state index is 0.0751. The van der Waals surface area contributed by atoms with E-state index in [1.165, 1.54) is 0 Å². The number of aromatic nitrogens is 5. The average molecular weight is 396 g/mol. The first kappa shape index (κ1) is 19.2. The van der Waals surface area contributed by atoms with Crippen molar-refractivity contribution in [3.63, 3.8) is 0 Å². The number of nitrogens with zero attached hydrogens (tertiary/aromatic N) is 6. The fourth-order valence-electron chi connectivity index (χ4n) is 3.89. The van der Waals surface area contributed by atoms with Crippen LogP contribution in [-0.4, -0.2) is 48.8 Å². The smallest absolute Gasteiger partial charge is 0.229 e. The second-order valence-corrected chi connectivity index (χ2v) is 7.49. The Balaban J connectivity index is 1.37. The summed E-state index contributed by atoms with van der Waals surface area (Å²) in [5.41, 5.74) is 4.66. The number of hydrogen-bond donors (Lipinski definition) is 0. The molecule has 4 rings (SSSR count). The predicted octanol–water partition coefficient (Wildman–Crippen LogP) is 2.61. The number of carbonyl (C=O) groups is 1. The minimum Gasteiger partial charge on any atom is -0.361 e. The SMILES string of the molecule is Cc1nonc1CC(=O)N1CCC[C@H]1CCc1cnc(-c2c(C)noc2C)cn1. The Hall–Kier alpha value is -3.10. The van der Waals surface area contributed by atoms with Gasteiger partial charge in [0.25, 0.3) is 0 Å². The molecule has 1 aliphatic heterocycles. The van der Waals surface area contributed by atoms with Crippen LogP contribution in [0.15, 0.2) is 21.5 Å². The molecule has 1 saturated heterocycles. The molecule has 3 aromatic heterocycles. The first-order chi connectivity index (χ1) is 14.0. The molecule has 1 atom stereocenters. The summed E-state index contributed by atoms with van der Waals surface area (Å²) in [6.07, 6.45) is 7.45.